The van der Waals surface area contributed by atoms with Gasteiger partial charge in [0, 0.05) is 18.2 Å². The summed E-state index contributed by atoms with van der Waals surface area (Å²) in [6, 6.07) is 18.1. The van der Waals surface area contributed by atoms with E-state index < -0.39 is 0 Å². The molecule has 2 aromatic carbocycles. The van der Waals surface area contributed by atoms with Crippen molar-refractivity contribution in [3.05, 3.63) is 71.3 Å². The Morgan fingerprint density at radius 2 is 1.67 bits per heavy atom. The minimum Gasteiger partial charge on any atom is -0.349 e. The molecule has 0 unspecified atom stereocenters. The zero-order chi connectivity index (χ0) is 21.7. The van der Waals surface area contributed by atoms with Crippen LogP contribution >= 0.6 is 11.8 Å². The molecule has 0 spiro atoms. The number of amides is 2. The maximum Gasteiger partial charge on any atom is 0.251 e. The number of carbonyl (C=O) groups excluding carboxylic acids is 2. The van der Waals surface area contributed by atoms with Gasteiger partial charge in [0.1, 0.15) is 5.37 Å². The maximum atomic E-state index is 12.7. The van der Waals surface area contributed by atoms with Gasteiger partial charge in [-0.1, -0.05) is 70.2 Å². The minimum atomic E-state index is -0.0370. The molecule has 1 saturated heterocycles. The van der Waals surface area contributed by atoms with Gasteiger partial charge in [0.15, 0.2) is 0 Å². The highest BCUT2D eigenvalue weighted by molar-refractivity contribution is 8.00. The fourth-order valence-corrected chi connectivity index (χ4v) is 5.22. The minimum absolute atomic E-state index is 0.0115. The molecule has 3 rings (SSSR count). The third-order valence-corrected chi connectivity index (χ3v) is 6.90. The van der Waals surface area contributed by atoms with E-state index in [1.165, 1.54) is 5.56 Å². The number of nitrogens with one attached hydrogen (secondary N) is 1. The number of benzene rings is 2. The van der Waals surface area contributed by atoms with Gasteiger partial charge in [-0.3, -0.25) is 9.59 Å². The first-order chi connectivity index (χ1) is 14.4. The molecule has 1 aliphatic heterocycles. The van der Waals surface area contributed by atoms with E-state index in [2.05, 4.69) is 45.1 Å². The average Bonchev–Trinajstić information content (AvgIpc) is 3.11. The second-order valence-electron chi connectivity index (χ2n) is 8.60. The molecule has 1 atom stereocenters. The van der Waals surface area contributed by atoms with Gasteiger partial charge in [0.05, 0.1) is 5.75 Å². The van der Waals surface area contributed by atoms with E-state index in [1.807, 2.05) is 47.4 Å². The Morgan fingerprint density at radius 1 is 1.03 bits per heavy atom. The Labute approximate surface area is 184 Å². The highest BCUT2D eigenvalue weighted by Gasteiger charge is 2.32. The monoisotopic (exact) mass is 424 g/mol. The van der Waals surface area contributed by atoms with Gasteiger partial charge in [-0.15, -0.1) is 11.8 Å². The first-order valence-corrected chi connectivity index (χ1v) is 11.8. The Balaban J connectivity index is 1.66. The average molecular weight is 425 g/mol. The molecule has 2 amide bonds. The van der Waals surface area contributed by atoms with Crippen LogP contribution < -0.4 is 5.32 Å². The molecule has 1 aliphatic rings. The zero-order valence-electron chi connectivity index (χ0n) is 18.3. The normalized spacial score (nSPS) is 16.7. The van der Waals surface area contributed by atoms with Crippen LogP contribution in [0.2, 0.25) is 0 Å². The summed E-state index contributed by atoms with van der Waals surface area (Å²) in [5.41, 5.74) is 2.97. The Morgan fingerprint density at radius 3 is 2.27 bits per heavy atom. The summed E-state index contributed by atoms with van der Waals surface area (Å²) in [4.78, 5) is 27.1. The van der Waals surface area contributed by atoms with E-state index in [0.29, 0.717) is 29.7 Å². The van der Waals surface area contributed by atoms with Crippen LogP contribution in [0.4, 0.5) is 0 Å². The third kappa shape index (κ3) is 5.45. The fraction of sp³-hybridized carbons (Fsp3) is 0.440. The van der Waals surface area contributed by atoms with Crippen LogP contribution in [0.15, 0.2) is 54.6 Å². The van der Waals surface area contributed by atoms with Crippen molar-refractivity contribution in [3.63, 3.8) is 0 Å². The van der Waals surface area contributed by atoms with Crippen molar-refractivity contribution in [2.75, 3.05) is 12.3 Å². The molecule has 0 radical (unpaired) electrons. The Kier molecular flexibility index (Phi) is 7.59. The molecule has 5 heteroatoms. The smallest absolute Gasteiger partial charge is 0.251 e. The summed E-state index contributed by atoms with van der Waals surface area (Å²) < 4.78 is 0. The van der Waals surface area contributed by atoms with Gasteiger partial charge in [-0.05, 0) is 41.5 Å². The number of thioether (sulfide) groups is 1. The van der Waals surface area contributed by atoms with Crippen molar-refractivity contribution < 1.29 is 9.59 Å². The number of carbonyl (C=O) groups is 2. The lowest BCUT2D eigenvalue weighted by Crippen LogP contribution is -2.42. The van der Waals surface area contributed by atoms with Crippen LogP contribution in [-0.4, -0.2) is 35.1 Å². The topological polar surface area (TPSA) is 49.4 Å². The Hall–Kier alpha value is -2.27. The molecular weight excluding hydrogens is 392 g/mol. The summed E-state index contributed by atoms with van der Waals surface area (Å²) in [5, 5.41) is 3.18. The van der Waals surface area contributed by atoms with Crippen molar-refractivity contribution >= 4 is 23.6 Å². The van der Waals surface area contributed by atoms with Crippen molar-refractivity contribution in [2.24, 2.45) is 11.8 Å². The number of rotatable bonds is 8. The van der Waals surface area contributed by atoms with Crippen LogP contribution in [-0.2, 0) is 11.2 Å². The quantitative estimate of drug-likeness (QED) is 0.655. The van der Waals surface area contributed by atoms with E-state index in [0.717, 1.165) is 12.0 Å². The van der Waals surface area contributed by atoms with Crippen molar-refractivity contribution in [2.45, 2.75) is 45.5 Å². The van der Waals surface area contributed by atoms with Crippen molar-refractivity contribution in [3.8, 4) is 0 Å². The summed E-state index contributed by atoms with van der Waals surface area (Å²) in [5.74, 6) is 1.41. The predicted octanol–water partition coefficient (Wildman–Crippen LogP) is 4.91. The van der Waals surface area contributed by atoms with Gasteiger partial charge in [0.25, 0.3) is 5.91 Å². The number of nitrogens with zero attached hydrogens (tertiary/aromatic N) is 1. The van der Waals surface area contributed by atoms with Crippen molar-refractivity contribution in [1.82, 2.24) is 10.2 Å². The van der Waals surface area contributed by atoms with Gasteiger partial charge < -0.3 is 10.2 Å². The molecule has 0 bridgehead atoms. The van der Waals surface area contributed by atoms with E-state index >= 15 is 0 Å². The Bertz CT molecular complexity index is 841. The van der Waals surface area contributed by atoms with Crippen LogP contribution in [0.25, 0.3) is 0 Å². The molecule has 0 aliphatic carbocycles. The van der Waals surface area contributed by atoms with Gasteiger partial charge in [-0.25, -0.2) is 0 Å². The lowest BCUT2D eigenvalue weighted by molar-refractivity contribution is -0.128. The second-order valence-corrected chi connectivity index (χ2v) is 9.66. The molecule has 4 nitrogen and oxygen atoms in total. The van der Waals surface area contributed by atoms with Gasteiger partial charge >= 0.3 is 0 Å². The predicted molar refractivity (Wildman–Crippen MR) is 124 cm³/mol. The standard InChI is InChI=1S/C25H32N2O2S/c1-17(2)23(18(3)4)26-24(29)20-10-12-21(13-11-20)25-27(22(28)16-30-25)15-14-19-8-6-5-7-9-19/h5-13,17-18,23,25H,14-16H2,1-4H3,(H,26,29)/t25-/m0/s1. The van der Waals surface area contributed by atoms with E-state index in [4.69, 9.17) is 0 Å². The SMILES string of the molecule is CC(C)C(NC(=O)c1ccc([C@@H]2SCC(=O)N2CCc2ccccc2)cc1)C(C)C. The molecule has 160 valence electrons. The largest absolute Gasteiger partial charge is 0.349 e. The first kappa shape index (κ1) is 22.4. The van der Waals surface area contributed by atoms with Crippen LogP contribution in [0.3, 0.4) is 0 Å². The second kappa shape index (κ2) is 10.2. The van der Waals surface area contributed by atoms with Crippen LogP contribution in [0.5, 0.6) is 0 Å². The number of hydrogen-bond acceptors (Lipinski definition) is 3. The summed E-state index contributed by atoms with van der Waals surface area (Å²) in [6.07, 6.45) is 0.843. The molecule has 1 N–H and O–H groups in total. The van der Waals surface area contributed by atoms with Crippen LogP contribution in [0, 0.1) is 11.8 Å². The van der Waals surface area contributed by atoms with E-state index in [9.17, 15) is 9.59 Å². The van der Waals surface area contributed by atoms with E-state index in [1.54, 1.807) is 11.8 Å². The summed E-state index contributed by atoms with van der Waals surface area (Å²) in [7, 11) is 0. The first-order valence-electron chi connectivity index (χ1n) is 10.7. The number of hydrogen-bond donors (Lipinski definition) is 1. The highest BCUT2D eigenvalue weighted by atomic mass is 32.2. The zero-order valence-corrected chi connectivity index (χ0v) is 19.1. The lowest BCUT2D eigenvalue weighted by atomic mass is 9.93. The maximum absolute atomic E-state index is 12.7. The van der Waals surface area contributed by atoms with Gasteiger partial charge in [0.2, 0.25) is 5.91 Å². The lowest BCUT2D eigenvalue weighted by Gasteiger charge is -2.26. The molecule has 0 aromatic heterocycles. The fourth-order valence-electron chi connectivity index (χ4n) is 4.00. The molecule has 1 fully saturated rings. The highest BCUT2D eigenvalue weighted by Crippen LogP contribution is 2.38. The van der Waals surface area contributed by atoms with Crippen LogP contribution in [0.1, 0.15) is 54.6 Å². The van der Waals surface area contributed by atoms with Crippen molar-refractivity contribution in [1.29, 1.82) is 0 Å². The summed E-state index contributed by atoms with van der Waals surface area (Å²) in [6.45, 7) is 9.23. The molecule has 30 heavy (non-hydrogen) atoms. The molecular formula is C25H32N2O2S. The molecule has 2 aromatic rings. The van der Waals surface area contributed by atoms with E-state index in [-0.39, 0.29) is 23.2 Å². The molecule has 1 heterocycles. The van der Waals surface area contributed by atoms with Gasteiger partial charge in [-0.2, -0.15) is 0 Å². The summed E-state index contributed by atoms with van der Waals surface area (Å²) >= 11 is 1.66. The molecule has 0 saturated carbocycles. The third-order valence-electron chi connectivity index (χ3n) is 5.64.